The maximum atomic E-state index is 12.0. The SMILES string of the molecule is O=C(NC1(CBr)CC1)c1cc(Cl)ccc1Br. The van der Waals surface area contributed by atoms with Gasteiger partial charge in [-0.1, -0.05) is 27.5 Å². The number of hydrogen-bond acceptors (Lipinski definition) is 1. The summed E-state index contributed by atoms with van der Waals surface area (Å²) in [5, 5.41) is 4.39. The molecule has 0 atom stereocenters. The summed E-state index contributed by atoms with van der Waals surface area (Å²) in [6, 6.07) is 5.20. The van der Waals surface area contributed by atoms with Crippen molar-refractivity contribution in [1.82, 2.24) is 5.32 Å². The topological polar surface area (TPSA) is 29.1 Å². The minimum absolute atomic E-state index is 0.0428. The first-order chi connectivity index (χ1) is 7.56. The van der Waals surface area contributed by atoms with E-state index >= 15 is 0 Å². The van der Waals surface area contributed by atoms with E-state index in [1.807, 2.05) is 0 Å². The predicted molar refractivity (Wildman–Crippen MR) is 72.4 cm³/mol. The summed E-state index contributed by atoms with van der Waals surface area (Å²) in [5.41, 5.74) is 0.540. The molecule has 86 valence electrons. The molecule has 1 amide bonds. The van der Waals surface area contributed by atoms with Gasteiger partial charge in [0.2, 0.25) is 0 Å². The van der Waals surface area contributed by atoms with E-state index in [4.69, 9.17) is 11.6 Å². The first-order valence-corrected chi connectivity index (χ1v) is 7.19. The highest BCUT2D eigenvalue weighted by atomic mass is 79.9. The number of carbonyl (C=O) groups excluding carboxylic acids is 1. The molecular weight excluding hydrogens is 357 g/mol. The maximum Gasteiger partial charge on any atom is 0.252 e. The van der Waals surface area contributed by atoms with Crippen molar-refractivity contribution < 1.29 is 4.79 Å². The first kappa shape index (κ1) is 12.4. The molecule has 0 saturated heterocycles. The van der Waals surface area contributed by atoms with Crippen LogP contribution in [0.5, 0.6) is 0 Å². The Morgan fingerprint density at radius 1 is 1.50 bits per heavy atom. The molecule has 1 N–H and O–H groups in total. The number of hydrogen-bond donors (Lipinski definition) is 1. The molecule has 0 aromatic heterocycles. The first-order valence-electron chi connectivity index (χ1n) is 4.90. The largest absolute Gasteiger partial charge is 0.346 e. The Balaban J connectivity index is 2.17. The lowest BCUT2D eigenvalue weighted by molar-refractivity contribution is 0.0936. The number of carbonyl (C=O) groups is 1. The molecule has 16 heavy (non-hydrogen) atoms. The lowest BCUT2D eigenvalue weighted by Gasteiger charge is -2.15. The Morgan fingerprint density at radius 2 is 2.19 bits per heavy atom. The molecule has 2 rings (SSSR count). The van der Waals surface area contributed by atoms with Crippen molar-refractivity contribution in [1.29, 1.82) is 0 Å². The van der Waals surface area contributed by atoms with E-state index in [1.165, 1.54) is 0 Å². The smallest absolute Gasteiger partial charge is 0.252 e. The van der Waals surface area contributed by atoms with Gasteiger partial charge in [0.1, 0.15) is 0 Å². The van der Waals surface area contributed by atoms with Crippen LogP contribution in [0.15, 0.2) is 22.7 Å². The van der Waals surface area contributed by atoms with E-state index in [-0.39, 0.29) is 11.4 Å². The average Bonchev–Trinajstić information content (AvgIpc) is 3.02. The summed E-state index contributed by atoms with van der Waals surface area (Å²) in [6.45, 7) is 0. The highest BCUT2D eigenvalue weighted by Crippen LogP contribution is 2.37. The molecule has 1 aliphatic rings. The monoisotopic (exact) mass is 365 g/mol. The molecule has 0 bridgehead atoms. The molecular formula is C11H10Br2ClNO. The van der Waals surface area contributed by atoms with Crippen molar-refractivity contribution in [3.05, 3.63) is 33.3 Å². The molecule has 1 aromatic carbocycles. The van der Waals surface area contributed by atoms with Gasteiger partial charge in [-0.2, -0.15) is 0 Å². The van der Waals surface area contributed by atoms with Crippen LogP contribution in [0.1, 0.15) is 23.2 Å². The van der Waals surface area contributed by atoms with Crippen molar-refractivity contribution in [3.8, 4) is 0 Å². The molecule has 2 nitrogen and oxygen atoms in total. The van der Waals surface area contributed by atoms with E-state index < -0.39 is 0 Å². The van der Waals surface area contributed by atoms with Gasteiger partial charge in [0.25, 0.3) is 5.91 Å². The number of amides is 1. The Kier molecular flexibility index (Phi) is 3.62. The van der Waals surface area contributed by atoms with Gasteiger partial charge in [-0.15, -0.1) is 0 Å². The second-order valence-electron chi connectivity index (χ2n) is 3.99. The van der Waals surface area contributed by atoms with Gasteiger partial charge in [0.15, 0.2) is 0 Å². The van der Waals surface area contributed by atoms with Gasteiger partial charge in [-0.3, -0.25) is 4.79 Å². The lowest BCUT2D eigenvalue weighted by Crippen LogP contribution is -2.38. The van der Waals surface area contributed by atoms with E-state index in [0.29, 0.717) is 10.6 Å². The van der Waals surface area contributed by atoms with Crippen LogP contribution in [0, 0.1) is 0 Å². The number of benzene rings is 1. The molecule has 0 radical (unpaired) electrons. The number of alkyl halides is 1. The highest BCUT2D eigenvalue weighted by molar-refractivity contribution is 9.10. The molecule has 0 heterocycles. The van der Waals surface area contributed by atoms with Crippen LogP contribution in [0.25, 0.3) is 0 Å². The van der Waals surface area contributed by atoms with E-state index in [2.05, 4.69) is 37.2 Å². The lowest BCUT2D eigenvalue weighted by atomic mass is 10.2. The zero-order valence-electron chi connectivity index (χ0n) is 8.40. The maximum absolute atomic E-state index is 12.0. The molecule has 0 aliphatic heterocycles. The minimum Gasteiger partial charge on any atom is -0.346 e. The molecule has 0 spiro atoms. The summed E-state index contributed by atoms with van der Waals surface area (Å²) >= 11 is 12.6. The second kappa shape index (κ2) is 4.67. The van der Waals surface area contributed by atoms with Gasteiger partial charge in [0, 0.05) is 14.8 Å². The molecule has 5 heteroatoms. The predicted octanol–water partition coefficient (Wildman–Crippen LogP) is 3.76. The summed E-state index contributed by atoms with van der Waals surface area (Å²) in [4.78, 5) is 12.0. The second-order valence-corrected chi connectivity index (χ2v) is 5.84. The summed E-state index contributed by atoms with van der Waals surface area (Å²) < 4.78 is 0.764. The van der Waals surface area contributed by atoms with Gasteiger partial charge >= 0.3 is 0 Å². The van der Waals surface area contributed by atoms with Crippen molar-refractivity contribution in [2.45, 2.75) is 18.4 Å². The van der Waals surface area contributed by atoms with Gasteiger partial charge in [-0.25, -0.2) is 0 Å². The van der Waals surface area contributed by atoms with Crippen LogP contribution in [-0.4, -0.2) is 16.8 Å². The summed E-state index contributed by atoms with van der Waals surface area (Å²) in [5.74, 6) is -0.0775. The molecule has 1 aliphatic carbocycles. The standard InChI is InChI=1S/C11H10Br2ClNO/c12-6-11(3-4-11)15-10(16)8-5-7(14)1-2-9(8)13/h1-2,5H,3-4,6H2,(H,15,16). The van der Waals surface area contributed by atoms with Gasteiger partial charge < -0.3 is 5.32 Å². The number of nitrogens with one attached hydrogen (secondary N) is 1. The van der Waals surface area contributed by atoms with Crippen LogP contribution in [0.4, 0.5) is 0 Å². The fraction of sp³-hybridized carbons (Fsp3) is 0.364. The van der Waals surface area contributed by atoms with Crippen molar-refractivity contribution in [2.24, 2.45) is 0 Å². The van der Waals surface area contributed by atoms with E-state index in [9.17, 15) is 4.79 Å². The quantitative estimate of drug-likeness (QED) is 0.810. The van der Waals surface area contributed by atoms with E-state index in [0.717, 1.165) is 22.6 Å². The van der Waals surface area contributed by atoms with Gasteiger partial charge in [0.05, 0.1) is 11.1 Å². The molecule has 0 unspecified atom stereocenters. The Hall–Kier alpha value is -0.0600. The molecule has 1 saturated carbocycles. The Morgan fingerprint density at radius 3 is 2.75 bits per heavy atom. The Bertz CT molecular complexity index is 432. The minimum atomic E-state index is -0.0775. The molecule has 1 aromatic rings. The number of halogens is 3. The van der Waals surface area contributed by atoms with Crippen LogP contribution < -0.4 is 5.32 Å². The van der Waals surface area contributed by atoms with Crippen LogP contribution in [-0.2, 0) is 0 Å². The summed E-state index contributed by atoms with van der Waals surface area (Å²) in [6.07, 6.45) is 2.06. The average molecular weight is 367 g/mol. The normalized spacial score (nSPS) is 16.9. The molecule has 1 fully saturated rings. The van der Waals surface area contributed by atoms with Crippen LogP contribution >= 0.6 is 43.5 Å². The zero-order chi connectivity index (χ0) is 11.8. The Labute approximate surface area is 116 Å². The third kappa shape index (κ3) is 2.60. The van der Waals surface area contributed by atoms with Crippen molar-refractivity contribution >= 4 is 49.4 Å². The fourth-order valence-electron chi connectivity index (χ4n) is 1.42. The third-order valence-electron chi connectivity index (χ3n) is 2.66. The van der Waals surface area contributed by atoms with Crippen molar-refractivity contribution in [3.63, 3.8) is 0 Å². The third-order valence-corrected chi connectivity index (χ3v) is 4.66. The van der Waals surface area contributed by atoms with E-state index in [1.54, 1.807) is 18.2 Å². The number of rotatable bonds is 3. The fourth-order valence-corrected chi connectivity index (χ4v) is 2.72. The van der Waals surface area contributed by atoms with Crippen LogP contribution in [0.3, 0.4) is 0 Å². The highest BCUT2D eigenvalue weighted by Gasteiger charge is 2.43. The van der Waals surface area contributed by atoms with Crippen LogP contribution in [0.2, 0.25) is 5.02 Å². The zero-order valence-corrected chi connectivity index (χ0v) is 12.3. The van der Waals surface area contributed by atoms with Crippen molar-refractivity contribution in [2.75, 3.05) is 5.33 Å². The van der Waals surface area contributed by atoms with Gasteiger partial charge in [-0.05, 0) is 47.0 Å². The summed E-state index contributed by atoms with van der Waals surface area (Å²) in [7, 11) is 0.